The van der Waals surface area contributed by atoms with E-state index in [1.807, 2.05) is 0 Å². The van der Waals surface area contributed by atoms with Crippen LogP contribution in [0.5, 0.6) is 0 Å². The third-order valence-electron chi connectivity index (χ3n) is 3.21. The molecule has 0 spiro atoms. The van der Waals surface area contributed by atoms with Gasteiger partial charge in [-0.25, -0.2) is 0 Å². The summed E-state index contributed by atoms with van der Waals surface area (Å²) in [6.07, 6.45) is -2.31. The molecule has 4 atom stereocenters. The van der Waals surface area contributed by atoms with Crippen LogP contribution in [0.15, 0.2) is 0 Å². The predicted molar refractivity (Wildman–Crippen MR) is 80.6 cm³/mol. The molecule has 9 heteroatoms. The zero-order valence-corrected chi connectivity index (χ0v) is 14.2. The van der Waals surface area contributed by atoms with E-state index in [0.717, 1.165) is 0 Å². The van der Waals surface area contributed by atoms with Gasteiger partial charge < -0.3 is 29.4 Å². The SMILES string of the molecule is CC(=O)OCC1OC(OCCCN)CC(OC(C)=O)C1OC(C)=O. The number of carbonyl (C=O) groups excluding carboxylic acids is 3. The minimum Gasteiger partial charge on any atom is -0.463 e. The fourth-order valence-corrected chi connectivity index (χ4v) is 2.30. The van der Waals surface area contributed by atoms with Crippen molar-refractivity contribution in [2.24, 2.45) is 5.73 Å². The van der Waals surface area contributed by atoms with Crippen LogP contribution >= 0.6 is 0 Å². The monoisotopic (exact) mass is 347 g/mol. The van der Waals surface area contributed by atoms with Crippen molar-refractivity contribution in [2.45, 2.75) is 58.2 Å². The molecule has 4 unspecified atom stereocenters. The minimum absolute atomic E-state index is 0.151. The van der Waals surface area contributed by atoms with Crippen molar-refractivity contribution in [3.05, 3.63) is 0 Å². The number of hydrogen-bond acceptors (Lipinski definition) is 9. The van der Waals surface area contributed by atoms with Gasteiger partial charge in [0.05, 0.1) is 6.61 Å². The quantitative estimate of drug-likeness (QED) is 0.364. The summed E-state index contributed by atoms with van der Waals surface area (Å²) in [4.78, 5) is 33.7. The number of hydrogen-bond donors (Lipinski definition) is 1. The molecule has 0 amide bonds. The zero-order valence-electron chi connectivity index (χ0n) is 14.2. The largest absolute Gasteiger partial charge is 0.463 e. The molecule has 0 saturated carbocycles. The summed E-state index contributed by atoms with van der Waals surface area (Å²) < 4.78 is 26.7. The average Bonchev–Trinajstić information content (AvgIpc) is 2.47. The van der Waals surface area contributed by atoms with Gasteiger partial charge in [0.2, 0.25) is 0 Å². The van der Waals surface area contributed by atoms with Gasteiger partial charge in [0.25, 0.3) is 0 Å². The third kappa shape index (κ3) is 7.24. The first-order valence-electron chi connectivity index (χ1n) is 7.78. The Kier molecular flexibility index (Phi) is 8.66. The molecule has 1 aliphatic heterocycles. The van der Waals surface area contributed by atoms with Crippen LogP contribution in [0.4, 0.5) is 0 Å². The Morgan fingerprint density at radius 1 is 1.08 bits per heavy atom. The smallest absolute Gasteiger partial charge is 0.303 e. The fourth-order valence-electron chi connectivity index (χ4n) is 2.30. The van der Waals surface area contributed by atoms with Gasteiger partial charge in [-0.05, 0) is 13.0 Å². The molecule has 1 heterocycles. The molecule has 1 aliphatic rings. The molecule has 24 heavy (non-hydrogen) atoms. The van der Waals surface area contributed by atoms with Crippen LogP contribution in [0.1, 0.15) is 33.6 Å². The molecule has 1 saturated heterocycles. The predicted octanol–water partition coefficient (Wildman–Crippen LogP) is -0.107. The molecule has 9 nitrogen and oxygen atoms in total. The second-order valence-corrected chi connectivity index (χ2v) is 5.38. The van der Waals surface area contributed by atoms with Gasteiger partial charge in [-0.3, -0.25) is 14.4 Å². The van der Waals surface area contributed by atoms with E-state index in [9.17, 15) is 14.4 Å². The highest BCUT2D eigenvalue weighted by atomic mass is 16.7. The van der Waals surface area contributed by atoms with Crippen molar-refractivity contribution in [1.82, 2.24) is 0 Å². The van der Waals surface area contributed by atoms with E-state index in [0.29, 0.717) is 19.6 Å². The van der Waals surface area contributed by atoms with Gasteiger partial charge in [0, 0.05) is 27.2 Å². The highest BCUT2D eigenvalue weighted by Crippen LogP contribution is 2.27. The van der Waals surface area contributed by atoms with Crippen molar-refractivity contribution in [3.63, 3.8) is 0 Å². The van der Waals surface area contributed by atoms with Gasteiger partial charge in [-0.1, -0.05) is 0 Å². The summed E-state index contributed by atoms with van der Waals surface area (Å²) in [6, 6.07) is 0. The number of carbonyl (C=O) groups is 3. The first kappa shape index (κ1) is 20.3. The Hall–Kier alpha value is -1.71. The molecule has 138 valence electrons. The van der Waals surface area contributed by atoms with Gasteiger partial charge in [-0.15, -0.1) is 0 Å². The van der Waals surface area contributed by atoms with E-state index in [2.05, 4.69) is 0 Å². The first-order valence-corrected chi connectivity index (χ1v) is 7.78. The van der Waals surface area contributed by atoms with Crippen LogP contribution in [-0.2, 0) is 38.1 Å². The Morgan fingerprint density at radius 2 is 1.75 bits per heavy atom. The standard InChI is InChI=1S/C15H25NO8/c1-9(17)21-8-13-15(23-11(3)19)12(22-10(2)18)7-14(24-13)20-6-4-5-16/h12-15H,4-8,16H2,1-3H3. The Morgan fingerprint density at radius 3 is 2.29 bits per heavy atom. The lowest BCUT2D eigenvalue weighted by molar-refractivity contribution is -0.266. The lowest BCUT2D eigenvalue weighted by Gasteiger charge is -2.39. The van der Waals surface area contributed by atoms with Crippen LogP contribution in [0, 0.1) is 0 Å². The van der Waals surface area contributed by atoms with Crippen molar-refractivity contribution >= 4 is 17.9 Å². The topological polar surface area (TPSA) is 123 Å². The minimum atomic E-state index is -0.889. The second-order valence-electron chi connectivity index (χ2n) is 5.38. The maximum absolute atomic E-state index is 11.3. The Balaban J connectivity index is 2.85. The van der Waals surface area contributed by atoms with Gasteiger partial charge in [0.1, 0.15) is 18.8 Å². The van der Waals surface area contributed by atoms with Crippen molar-refractivity contribution in [1.29, 1.82) is 0 Å². The molecule has 0 aromatic carbocycles. The van der Waals surface area contributed by atoms with Crippen molar-refractivity contribution in [2.75, 3.05) is 19.8 Å². The molecule has 1 rings (SSSR count). The summed E-state index contributed by atoms with van der Waals surface area (Å²) in [5.41, 5.74) is 5.42. The first-order chi connectivity index (χ1) is 11.3. The molecule has 0 aromatic rings. The fraction of sp³-hybridized carbons (Fsp3) is 0.800. The molecular weight excluding hydrogens is 322 g/mol. The van der Waals surface area contributed by atoms with Gasteiger partial charge in [-0.2, -0.15) is 0 Å². The van der Waals surface area contributed by atoms with Crippen molar-refractivity contribution < 1.29 is 38.1 Å². The molecule has 0 bridgehead atoms. The van der Waals surface area contributed by atoms with Crippen LogP contribution in [-0.4, -0.2) is 62.3 Å². The average molecular weight is 347 g/mol. The van der Waals surface area contributed by atoms with Gasteiger partial charge >= 0.3 is 17.9 Å². The molecule has 0 aromatic heterocycles. The Bertz CT molecular complexity index is 441. The maximum Gasteiger partial charge on any atom is 0.303 e. The number of esters is 3. The zero-order chi connectivity index (χ0) is 18.1. The van der Waals surface area contributed by atoms with Crippen molar-refractivity contribution in [3.8, 4) is 0 Å². The van der Waals surface area contributed by atoms with E-state index in [-0.39, 0.29) is 13.0 Å². The molecule has 0 aliphatic carbocycles. The second kappa shape index (κ2) is 10.2. The van der Waals surface area contributed by atoms with E-state index < -0.39 is 42.5 Å². The molecular formula is C15H25NO8. The molecule has 0 radical (unpaired) electrons. The summed E-state index contributed by atoms with van der Waals surface area (Å²) >= 11 is 0. The molecule has 2 N–H and O–H groups in total. The normalized spacial score (nSPS) is 26.5. The maximum atomic E-state index is 11.3. The van der Waals surface area contributed by atoms with Crippen LogP contribution in [0.3, 0.4) is 0 Å². The van der Waals surface area contributed by atoms with Crippen LogP contribution in [0.2, 0.25) is 0 Å². The van der Waals surface area contributed by atoms with E-state index in [4.69, 9.17) is 29.4 Å². The number of nitrogens with two attached hydrogens (primary N) is 1. The highest BCUT2D eigenvalue weighted by molar-refractivity contribution is 5.67. The van der Waals surface area contributed by atoms with E-state index in [1.165, 1.54) is 20.8 Å². The van der Waals surface area contributed by atoms with E-state index >= 15 is 0 Å². The van der Waals surface area contributed by atoms with Crippen LogP contribution < -0.4 is 5.73 Å². The lowest BCUT2D eigenvalue weighted by Crippen LogP contribution is -2.54. The summed E-state index contributed by atoms with van der Waals surface area (Å²) in [5, 5.41) is 0. The highest BCUT2D eigenvalue weighted by Gasteiger charge is 2.44. The molecule has 1 fully saturated rings. The summed E-state index contributed by atoms with van der Waals surface area (Å²) in [6.45, 7) is 4.42. The summed E-state index contributed by atoms with van der Waals surface area (Å²) in [7, 11) is 0. The van der Waals surface area contributed by atoms with E-state index in [1.54, 1.807) is 0 Å². The number of ether oxygens (including phenoxy) is 5. The third-order valence-corrected chi connectivity index (χ3v) is 3.21. The number of rotatable bonds is 8. The van der Waals surface area contributed by atoms with Crippen LogP contribution in [0.25, 0.3) is 0 Å². The summed E-state index contributed by atoms with van der Waals surface area (Å²) in [5.74, 6) is -1.59. The Labute approximate surface area is 140 Å². The lowest BCUT2D eigenvalue weighted by atomic mass is 10.0. The van der Waals surface area contributed by atoms with Gasteiger partial charge in [0.15, 0.2) is 12.4 Å².